The first kappa shape index (κ1) is 23.9. The Bertz CT molecular complexity index is 368. The summed E-state index contributed by atoms with van der Waals surface area (Å²) in [5.41, 5.74) is 1.26. The lowest BCUT2D eigenvalue weighted by atomic mass is 9.86. The van der Waals surface area contributed by atoms with Crippen molar-refractivity contribution in [1.82, 2.24) is 19.6 Å². The normalized spacial score (nSPS) is 31.4. The van der Waals surface area contributed by atoms with E-state index in [2.05, 4.69) is 47.8 Å². The van der Waals surface area contributed by atoms with Crippen molar-refractivity contribution >= 4 is 0 Å². The highest BCUT2D eigenvalue weighted by Crippen LogP contribution is 2.38. The van der Waals surface area contributed by atoms with Crippen LogP contribution in [-0.2, 0) is 0 Å². The Morgan fingerprint density at radius 3 is 1.31 bits per heavy atom. The van der Waals surface area contributed by atoms with Gasteiger partial charge in [-0.15, -0.1) is 0 Å². The molecule has 0 aliphatic carbocycles. The van der Waals surface area contributed by atoms with E-state index >= 15 is 0 Å². The van der Waals surface area contributed by atoms with Gasteiger partial charge >= 0.3 is 0 Å². The monoisotopic (exact) mass is 368 g/mol. The summed E-state index contributed by atoms with van der Waals surface area (Å²) >= 11 is 0. The van der Waals surface area contributed by atoms with Crippen LogP contribution in [0.4, 0.5) is 0 Å². The minimum absolute atomic E-state index is 0.578. The lowest BCUT2D eigenvalue weighted by molar-refractivity contribution is 0.180. The highest BCUT2D eigenvalue weighted by molar-refractivity contribution is 5.00. The standard InChI is InChI=1S/2C9H18N2.2C2H6/c1-10-5-3-9(7-10)4-6-11(2)8-9;1-10-7-5-9(8-10)4-3-6-11(9)2;2*1-2/h2*3-8H2,1-2H3;2*1-2H3. The molecule has 4 heterocycles. The predicted molar refractivity (Wildman–Crippen MR) is 116 cm³/mol. The molecule has 0 amide bonds. The molecule has 4 heteroatoms. The van der Waals surface area contributed by atoms with Crippen LogP contribution in [0.25, 0.3) is 0 Å². The van der Waals surface area contributed by atoms with Crippen LogP contribution in [0, 0.1) is 5.41 Å². The van der Waals surface area contributed by atoms with E-state index < -0.39 is 0 Å². The van der Waals surface area contributed by atoms with Crippen molar-refractivity contribution in [3.63, 3.8) is 0 Å². The van der Waals surface area contributed by atoms with E-state index in [0.29, 0.717) is 11.0 Å². The fourth-order valence-electron chi connectivity index (χ4n) is 5.30. The number of likely N-dealkylation sites (N-methyl/N-ethyl adjacent to an activating group) is 2. The Kier molecular flexibility index (Phi) is 10.1. The zero-order chi connectivity index (χ0) is 19.8. The minimum Gasteiger partial charge on any atom is -0.306 e. The first-order valence-corrected chi connectivity index (χ1v) is 11.2. The average molecular weight is 369 g/mol. The van der Waals surface area contributed by atoms with Gasteiger partial charge in [-0.2, -0.15) is 0 Å². The van der Waals surface area contributed by atoms with Gasteiger partial charge in [-0.3, -0.25) is 4.90 Å². The average Bonchev–Trinajstić information content (AvgIpc) is 3.39. The summed E-state index contributed by atoms with van der Waals surface area (Å²) in [5.74, 6) is 0. The molecule has 156 valence electrons. The van der Waals surface area contributed by atoms with E-state index in [-0.39, 0.29) is 0 Å². The van der Waals surface area contributed by atoms with Crippen LogP contribution in [-0.4, -0.2) is 99.1 Å². The van der Waals surface area contributed by atoms with Gasteiger partial charge in [0.25, 0.3) is 0 Å². The molecule has 0 saturated carbocycles. The first-order chi connectivity index (χ1) is 12.4. The number of hydrogen-bond acceptors (Lipinski definition) is 4. The molecule has 0 radical (unpaired) electrons. The van der Waals surface area contributed by atoms with Crippen LogP contribution < -0.4 is 0 Å². The lowest BCUT2D eigenvalue weighted by Gasteiger charge is -2.31. The molecule has 4 rings (SSSR count). The minimum atomic E-state index is 0.578. The second-order valence-corrected chi connectivity index (χ2v) is 8.71. The molecule has 0 aromatic rings. The fourth-order valence-corrected chi connectivity index (χ4v) is 5.30. The van der Waals surface area contributed by atoms with Gasteiger partial charge in [-0.05, 0) is 91.9 Å². The molecule has 4 nitrogen and oxygen atoms in total. The lowest BCUT2D eigenvalue weighted by Crippen LogP contribution is -2.43. The van der Waals surface area contributed by atoms with E-state index in [9.17, 15) is 0 Å². The molecule has 2 spiro atoms. The maximum Gasteiger partial charge on any atom is 0.0345 e. The summed E-state index contributed by atoms with van der Waals surface area (Å²) in [6.07, 6.45) is 7.07. The van der Waals surface area contributed by atoms with E-state index in [1.165, 1.54) is 77.9 Å². The van der Waals surface area contributed by atoms with Gasteiger partial charge in [0.15, 0.2) is 0 Å². The van der Waals surface area contributed by atoms with Gasteiger partial charge in [0, 0.05) is 25.2 Å². The molecule has 4 saturated heterocycles. The Labute approximate surface area is 164 Å². The van der Waals surface area contributed by atoms with Gasteiger partial charge in [-0.1, -0.05) is 27.7 Å². The molecule has 4 aliphatic heterocycles. The summed E-state index contributed by atoms with van der Waals surface area (Å²) in [7, 11) is 9.01. The second kappa shape index (κ2) is 11.0. The molecular weight excluding hydrogens is 320 g/mol. The fraction of sp³-hybridized carbons (Fsp3) is 1.00. The molecule has 0 bridgehead atoms. The van der Waals surface area contributed by atoms with Crippen LogP contribution in [0.1, 0.15) is 59.8 Å². The molecule has 4 aliphatic rings. The quantitative estimate of drug-likeness (QED) is 0.649. The third-order valence-corrected chi connectivity index (χ3v) is 6.73. The Morgan fingerprint density at radius 2 is 1.00 bits per heavy atom. The summed E-state index contributed by atoms with van der Waals surface area (Å²) < 4.78 is 0. The van der Waals surface area contributed by atoms with Gasteiger partial charge in [0.2, 0.25) is 0 Å². The number of rotatable bonds is 0. The largest absolute Gasteiger partial charge is 0.306 e. The van der Waals surface area contributed by atoms with Crippen molar-refractivity contribution < 1.29 is 0 Å². The van der Waals surface area contributed by atoms with Gasteiger partial charge in [0.05, 0.1) is 0 Å². The van der Waals surface area contributed by atoms with Crippen molar-refractivity contribution in [2.45, 2.75) is 65.3 Å². The van der Waals surface area contributed by atoms with Crippen LogP contribution in [0.5, 0.6) is 0 Å². The molecule has 4 fully saturated rings. The number of likely N-dealkylation sites (tertiary alicyclic amines) is 4. The zero-order valence-corrected chi connectivity index (χ0v) is 19.3. The molecular formula is C22H48N4. The van der Waals surface area contributed by atoms with Crippen molar-refractivity contribution in [1.29, 1.82) is 0 Å². The van der Waals surface area contributed by atoms with E-state index in [0.717, 1.165) is 0 Å². The molecule has 0 aromatic heterocycles. The Balaban J connectivity index is 0.000000219. The van der Waals surface area contributed by atoms with Crippen LogP contribution >= 0.6 is 0 Å². The molecule has 0 aromatic carbocycles. The van der Waals surface area contributed by atoms with E-state index in [4.69, 9.17) is 0 Å². The molecule has 0 N–H and O–H groups in total. The maximum atomic E-state index is 2.57. The van der Waals surface area contributed by atoms with Crippen molar-refractivity contribution in [2.75, 3.05) is 74.0 Å². The highest BCUT2D eigenvalue weighted by atomic mass is 15.3. The topological polar surface area (TPSA) is 13.0 Å². The molecule has 26 heavy (non-hydrogen) atoms. The smallest absolute Gasteiger partial charge is 0.0345 e. The maximum absolute atomic E-state index is 2.57. The highest BCUT2D eigenvalue weighted by Gasteiger charge is 2.43. The Hall–Kier alpha value is -0.160. The third kappa shape index (κ3) is 5.92. The SMILES string of the molecule is CC.CC.CN1CCC2(CCCN2C)C1.CN1CCC2(CCN(C)C2)C1. The molecule has 1 atom stereocenters. The van der Waals surface area contributed by atoms with Crippen LogP contribution in [0.15, 0.2) is 0 Å². The van der Waals surface area contributed by atoms with Crippen molar-refractivity contribution in [3.05, 3.63) is 0 Å². The van der Waals surface area contributed by atoms with E-state index in [1.54, 1.807) is 0 Å². The van der Waals surface area contributed by atoms with Crippen molar-refractivity contribution in [3.8, 4) is 0 Å². The number of hydrogen-bond donors (Lipinski definition) is 0. The Morgan fingerprint density at radius 1 is 0.538 bits per heavy atom. The first-order valence-electron chi connectivity index (χ1n) is 11.2. The predicted octanol–water partition coefficient (Wildman–Crippen LogP) is 3.48. The van der Waals surface area contributed by atoms with Crippen molar-refractivity contribution in [2.24, 2.45) is 5.41 Å². The van der Waals surface area contributed by atoms with Gasteiger partial charge in [0.1, 0.15) is 0 Å². The zero-order valence-electron chi connectivity index (χ0n) is 19.3. The summed E-state index contributed by atoms with van der Waals surface area (Å²) in [5, 5.41) is 0. The van der Waals surface area contributed by atoms with E-state index in [1.807, 2.05) is 27.7 Å². The summed E-state index contributed by atoms with van der Waals surface area (Å²) in [6.45, 7) is 17.2. The van der Waals surface area contributed by atoms with Crippen LogP contribution in [0.3, 0.4) is 0 Å². The third-order valence-electron chi connectivity index (χ3n) is 6.73. The van der Waals surface area contributed by atoms with Crippen LogP contribution in [0.2, 0.25) is 0 Å². The molecule has 1 unspecified atom stereocenters. The summed E-state index contributed by atoms with van der Waals surface area (Å²) in [6, 6.07) is 0. The summed E-state index contributed by atoms with van der Waals surface area (Å²) in [4.78, 5) is 9.97. The van der Waals surface area contributed by atoms with Gasteiger partial charge in [-0.25, -0.2) is 0 Å². The number of nitrogens with zero attached hydrogens (tertiary/aromatic N) is 4. The second-order valence-electron chi connectivity index (χ2n) is 8.71. The van der Waals surface area contributed by atoms with Gasteiger partial charge < -0.3 is 14.7 Å².